The number of alkyl halides is 1. The average molecular weight is 264 g/mol. The number of nitrogens with one attached hydrogen (secondary N) is 1. The molecule has 0 spiro atoms. The Morgan fingerprint density at radius 1 is 1.33 bits per heavy atom. The van der Waals surface area contributed by atoms with E-state index in [2.05, 4.69) is 27.0 Å². The van der Waals surface area contributed by atoms with Gasteiger partial charge in [-0.2, -0.15) is 0 Å². The van der Waals surface area contributed by atoms with Crippen LogP contribution in [0.15, 0.2) is 42.7 Å². The summed E-state index contributed by atoms with van der Waals surface area (Å²) in [4.78, 5) is 4.19. The van der Waals surface area contributed by atoms with Crippen LogP contribution in [0.1, 0.15) is 16.8 Å². The van der Waals surface area contributed by atoms with E-state index in [-0.39, 0.29) is 5.38 Å². The van der Waals surface area contributed by atoms with Crippen molar-refractivity contribution < 1.29 is 0 Å². The van der Waals surface area contributed by atoms with Gasteiger partial charge >= 0.3 is 0 Å². The maximum atomic E-state index is 6.32. The van der Waals surface area contributed by atoms with Crippen molar-refractivity contribution in [1.29, 1.82) is 0 Å². The van der Waals surface area contributed by atoms with Crippen molar-refractivity contribution in [2.24, 2.45) is 0 Å². The van der Waals surface area contributed by atoms with Gasteiger partial charge in [0.2, 0.25) is 0 Å². The average Bonchev–Trinajstić information content (AvgIpc) is 2.81. The molecule has 18 heavy (non-hydrogen) atoms. The van der Waals surface area contributed by atoms with E-state index in [0.29, 0.717) is 0 Å². The first-order valence-electron chi connectivity index (χ1n) is 6.15. The summed E-state index contributed by atoms with van der Waals surface area (Å²) in [5, 5.41) is 3.39. The molecule has 1 aromatic heterocycles. The molecule has 0 fully saturated rings. The van der Waals surface area contributed by atoms with Crippen LogP contribution in [0, 0.1) is 6.92 Å². The van der Waals surface area contributed by atoms with E-state index >= 15 is 0 Å². The number of hydrogen-bond donors (Lipinski definition) is 1. The van der Waals surface area contributed by atoms with E-state index in [0.717, 1.165) is 31.0 Å². The van der Waals surface area contributed by atoms with Crippen LogP contribution >= 0.6 is 11.6 Å². The molecule has 0 saturated carbocycles. The van der Waals surface area contributed by atoms with Crippen LogP contribution in [0.2, 0.25) is 0 Å². The molecule has 2 aromatic rings. The number of imidazole rings is 1. The maximum absolute atomic E-state index is 6.32. The molecule has 0 aliphatic heterocycles. The highest BCUT2D eigenvalue weighted by Crippen LogP contribution is 2.18. The summed E-state index contributed by atoms with van der Waals surface area (Å²) in [5.41, 5.74) is 1.16. The zero-order chi connectivity index (χ0) is 12.8. The van der Waals surface area contributed by atoms with Crippen molar-refractivity contribution in [2.75, 3.05) is 13.1 Å². The Balaban J connectivity index is 1.71. The van der Waals surface area contributed by atoms with E-state index in [1.54, 1.807) is 0 Å². The second kappa shape index (κ2) is 6.57. The minimum atomic E-state index is 0.0232. The predicted molar refractivity (Wildman–Crippen MR) is 74.9 cm³/mol. The highest BCUT2D eigenvalue weighted by Gasteiger charge is 2.06. The standard InChI is InChI=1S/C14H18ClN3/c1-12-17-8-10-18(12)9-7-16-11-14(15)13-5-3-2-4-6-13/h2-6,8,10,14,16H,7,9,11H2,1H3. The first kappa shape index (κ1) is 13.1. The topological polar surface area (TPSA) is 29.9 Å². The summed E-state index contributed by atoms with van der Waals surface area (Å²) >= 11 is 6.32. The van der Waals surface area contributed by atoms with Crippen LogP contribution in [-0.2, 0) is 6.54 Å². The summed E-state index contributed by atoms with van der Waals surface area (Å²) in [6.07, 6.45) is 3.82. The van der Waals surface area contributed by atoms with Crippen molar-refractivity contribution >= 4 is 11.6 Å². The molecule has 1 heterocycles. The van der Waals surface area contributed by atoms with Crippen LogP contribution in [0.4, 0.5) is 0 Å². The van der Waals surface area contributed by atoms with Gasteiger partial charge in [0, 0.05) is 32.0 Å². The smallest absolute Gasteiger partial charge is 0.105 e. The van der Waals surface area contributed by atoms with Crippen LogP contribution in [0.3, 0.4) is 0 Å². The van der Waals surface area contributed by atoms with Gasteiger partial charge in [0.1, 0.15) is 5.82 Å². The Morgan fingerprint density at radius 2 is 2.11 bits per heavy atom. The maximum Gasteiger partial charge on any atom is 0.105 e. The molecule has 1 unspecified atom stereocenters. The summed E-state index contributed by atoms with van der Waals surface area (Å²) in [7, 11) is 0. The molecule has 1 atom stereocenters. The Labute approximate surface area is 113 Å². The van der Waals surface area contributed by atoms with Gasteiger partial charge in [0.25, 0.3) is 0 Å². The summed E-state index contributed by atoms with van der Waals surface area (Å²) < 4.78 is 2.12. The van der Waals surface area contributed by atoms with E-state index in [1.807, 2.05) is 37.5 Å². The number of aromatic nitrogens is 2. The monoisotopic (exact) mass is 263 g/mol. The number of benzene rings is 1. The number of aryl methyl sites for hydroxylation is 1. The Morgan fingerprint density at radius 3 is 2.78 bits per heavy atom. The summed E-state index contributed by atoms with van der Waals surface area (Å²) in [5.74, 6) is 1.04. The van der Waals surface area contributed by atoms with Crippen LogP contribution in [0.5, 0.6) is 0 Å². The summed E-state index contributed by atoms with van der Waals surface area (Å²) in [6.45, 7) is 4.60. The first-order valence-corrected chi connectivity index (χ1v) is 6.58. The third-order valence-electron chi connectivity index (χ3n) is 2.94. The van der Waals surface area contributed by atoms with Crippen molar-refractivity contribution in [3.63, 3.8) is 0 Å². The van der Waals surface area contributed by atoms with E-state index in [9.17, 15) is 0 Å². The van der Waals surface area contributed by atoms with Gasteiger partial charge in [-0.15, -0.1) is 11.6 Å². The molecule has 4 heteroatoms. The van der Waals surface area contributed by atoms with E-state index in [4.69, 9.17) is 11.6 Å². The van der Waals surface area contributed by atoms with Gasteiger partial charge in [0.05, 0.1) is 5.38 Å². The van der Waals surface area contributed by atoms with E-state index in [1.165, 1.54) is 0 Å². The highest BCUT2D eigenvalue weighted by molar-refractivity contribution is 6.21. The largest absolute Gasteiger partial charge is 0.334 e. The normalized spacial score (nSPS) is 12.6. The van der Waals surface area contributed by atoms with Crippen LogP contribution in [0.25, 0.3) is 0 Å². The highest BCUT2D eigenvalue weighted by atomic mass is 35.5. The fraction of sp³-hybridized carbons (Fsp3) is 0.357. The van der Waals surface area contributed by atoms with Gasteiger partial charge in [0.15, 0.2) is 0 Å². The number of hydrogen-bond acceptors (Lipinski definition) is 2. The lowest BCUT2D eigenvalue weighted by atomic mass is 10.1. The van der Waals surface area contributed by atoms with Crippen molar-refractivity contribution in [2.45, 2.75) is 18.8 Å². The minimum absolute atomic E-state index is 0.0232. The molecule has 0 amide bonds. The Kier molecular flexibility index (Phi) is 4.79. The lowest BCUT2D eigenvalue weighted by Crippen LogP contribution is -2.23. The van der Waals surface area contributed by atoms with Gasteiger partial charge in [-0.3, -0.25) is 0 Å². The minimum Gasteiger partial charge on any atom is -0.334 e. The molecule has 0 bridgehead atoms. The molecular weight excluding hydrogens is 246 g/mol. The third-order valence-corrected chi connectivity index (χ3v) is 3.34. The van der Waals surface area contributed by atoms with E-state index < -0.39 is 0 Å². The summed E-state index contributed by atoms with van der Waals surface area (Å²) in [6, 6.07) is 10.1. The van der Waals surface area contributed by atoms with Gasteiger partial charge in [-0.25, -0.2) is 4.98 Å². The van der Waals surface area contributed by atoms with Gasteiger partial charge < -0.3 is 9.88 Å². The number of nitrogens with zero attached hydrogens (tertiary/aromatic N) is 2. The zero-order valence-electron chi connectivity index (χ0n) is 10.5. The molecule has 2 rings (SSSR count). The Hall–Kier alpha value is -1.32. The van der Waals surface area contributed by atoms with Gasteiger partial charge in [-0.1, -0.05) is 30.3 Å². The van der Waals surface area contributed by atoms with Crippen molar-refractivity contribution in [1.82, 2.24) is 14.9 Å². The van der Waals surface area contributed by atoms with Crippen LogP contribution in [-0.4, -0.2) is 22.6 Å². The molecule has 0 saturated heterocycles. The number of rotatable bonds is 6. The molecule has 96 valence electrons. The quantitative estimate of drug-likeness (QED) is 0.642. The molecule has 0 aliphatic carbocycles. The predicted octanol–water partition coefficient (Wildman–Crippen LogP) is 2.76. The lowest BCUT2D eigenvalue weighted by molar-refractivity contribution is 0.584. The number of halogens is 1. The molecule has 0 radical (unpaired) electrons. The fourth-order valence-corrected chi connectivity index (χ4v) is 2.10. The zero-order valence-corrected chi connectivity index (χ0v) is 11.3. The second-order valence-electron chi connectivity index (χ2n) is 4.25. The van der Waals surface area contributed by atoms with Gasteiger partial charge in [-0.05, 0) is 12.5 Å². The first-order chi connectivity index (χ1) is 8.77. The SMILES string of the molecule is Cc1nccn1CCNCC(Cl)c1ccccc1. The molecule has 3 nitrogen and oxygen atoms in total. The van der Waals surface area contributed by atoms with Crippen molar-refractivity contribution in [3.8, 4) is 0 Å². The molecular formula is C14H18ClN3. The van der Waals surface area contributed by atoms with Crippen molar-refractivity contribution in [3.05, 3.63) is 54.1 Å². The van der Waals surface area contributed by atoms with Crippen LogP contribution < -0.4 is 5.32 Å². The second-order valence-corrected chi connectivity index (χ2v) is 4.78. The third kappa shape index (κ3) is 3.59. The molecule has 0 aliphatic rings. The fourth-order valence-electron chi connectivity index (χ4n) is 1.85. The lowest BCUT2D eigenvalue weighted by Gasteiger charge is -2.11. The molecule has 1 aromatic carbocycles. The Bertz CT molecular complexity index is 467. The molecule has 1 N–H and O–H groups in total.